The average Bonchev–Trinajstić information content (AvgIpc) is 3.31. The fraction of sp³-hybridized carbons (Fsp3) is 0.344. The Morgan fingerprint density at radius 3 is 2.49 bits per heavy atom. The van der Waals surface area contributed by atoms with Crippen LogP contribution in [0, 0.1) is 11.6 Å². The first-order chi connectivity index (χ1) is 21.8. The minimum absolute atomic E-state index is 0.0819. The number of nitrogens with zero attached hydrogens (tertiary/aromatic N) is 4. The Bertz CT molecular complexity index is 1840. The van der Waals surface area contributed by atoms with Gasteiger partial charge in [-0.3, -0.25) is 19.3 Å². The van der Waals surface area contributed by atoms with Crippen molar-refractivity contribution in [2.75, 3.05) is 49.4 Å². The summed E-state index contributed by atoms with van der Waals surface area (Å²) < 4.78 is 55.4. The van der Waals surface area contributed by atoms with E-state index >= 15 is 4.39 Å². The third-order valence-electron chi connectivity index (χ3n) is 9.05. The molecule has 0 N–H and O–H groups in total. The van der Waals surface area contributed by atoms with Crippen LogP contribution in [0.5, 0.6) is 5.75 Å². The Morgan fingerprint density at radius 2 is 1.69 bits per heavy atom. The normalized spacial score (nSPS) is 25.3. The van der Waals surface area contributed by atoms with Gasteiger partial charge in [-0.05, 0) is 24.6 Å². The molecule has 4 atom stereocenters. The van der Waals surface area contributed by atoms with Crippen LogP contribution in [-0.4, -0.2) is 73.4 Å². The van der Waals surface area contributed by atoms with E-state index in [1.807, 2.05) is 34.2 Å². The maximum absolute atomic E-state index is 16.0. The summed E-state index contributed by atoms with van der Waals surface area (Å²) in [5, 5.41) is 1.86. The van der Waals surface area contributed by atoms with Gasteiger partial charge in [-0.2, -0.15) is 0 Å². The van der Waals surface area contributed by atoms with Gasteiger partial charge in [0.2, 0.25) is 11.2 Å². The molecular formula is C32H28F2N4O7. The van der Waals surface area contributed by atoms with Crippen LogP contribution in [0.1, 0.15) is 46.2 Å². The number of aromatic nitrogens is 1. The zero-order chi connectivity index (χ0) is 31.0. The Kier molecular flexibility index (Phi) is 6.43. The average molecular weight is 619 g/mol. The number of para-hydroxylation sites is 1. The predicted molar refractivity (Wildman–Crippen MR) is 154 cm³/mol. The van der Waals surface area contributed by atoms with Crippen molar-refractivity contribution in [3.05, 3.63) is 105 Å². The maximum atomic E-state index is 16.0. The summed E-state index contributed by atoms with van der Waals surface area (Å²) in [5.74, 6) is -3.30. The van der Waals surface area contributed by atoms with Crippen LogP contribution in [0.25, 0.3) is 0 Å². The van der Waals surface area contributed by atoms with Gasteiger partial charge in [0, 0.05) is 53.8 Å². The number of anilines is 1. The number of ether oxygens (including phenoxy) is 4. The molecule has 232 valence electrons. The molecule has 45 heavy (non-hydrogen) atoms. The van der Waals surface area contributed by atoms with E-state index in [0.29, 0.717) is 24.3 Å². The molecule has 0 aliphatic carbocycles. The third kappa shape index (κ3) is 4.17. The molecule has 6 heterocycles. The van der Waals surface area contributed by atoms with Crippen LogP contribution < -0.4 is 20.1 Å². The number of esters is 1. The number of benzene rings is 2. The number of carbonyl (C=O) groups is 2. The highest BCUT2D eigenvalue weighted by atomic mass is 19.2. The predicted octanol–water partition coefficient (Wildman–Crippen LogP) is 2.77. The van der Waals surface area contributed by atoms with Gasteiger partial charge in [0.05, 0.1) is 32.5 Å². The number of hydrogen-bond donors (Lipinski definition) is 0. The number of cyclic esters (lactones) is 1. The van der Waals surface area contributed by atoms with Crippen LogP contribution in [0.2, 0.25) is 0 Å². The fourth-order valence-electron chi connectivity index (χ4n) is 7.03. The number of carbonyl (C=O) groups excluding carboxylic acids is 2. The lowest BCUT2D eigenvalue weighted by Crippen LogP contribution is -2.66. The number of fused-ring (bicyclic) bond motifs is 7. The molecule has 5 aliphatic rings. The van der Waals surface area contributed by atoms with Gasteiger partial charge in [-0.25, -0.2) is 13.6 Å². The molecule has 0 radical (unpaired) electrons. The number of hydrogen-bond acceptors (Lipinski definition) is 9. The largest absolute Gasteiger partial charge is 0.444 e. The van der Waals surface area contributed by atoms with Crippen molar-refractivity contribution in [2.24, 2.45) is 0 Å². The third-order valence-corrected chi connectivity index (χ3v) is 9.05. The molecule has 2 saturated heterocycles. The van der Waals surface area contributed by atoms with Crippen molar-refractivity contribution >= 4 is 17.6 Å². The molecule has 0 spiro atoms. The molecule has 2 fully saturated rings. The molecule has 13 heteroatoms. The molecule has 4 unspecified atom stereocenters. The number of pyridine rings is 1. The SMILES string of the molecule is CC1=CC(Oc2c3n(ccc2=O)N(C2c4ccccc4N4CCOCC4c4c2ccc(F)c4F)C2COCCN2C3=O)OC1=O. The smallest absolute Gasteiger partial charge is 0.336 e. The molecule has 1 aromatic heterocycles. The summed E-state index contributed by atoms with van der Waals surface area (Å²) in [7, 11) is 0. The number of morpholine rings is 2. The first-order valence-corrected chi connectivity index (χ1v) is 14.7. The van der Waals surface area contributed by atoms with Crippen LogP contribution >= 0.6 is 0 Å². The van der Waals surface area contributed by atoms with Gasteiger partial charge in [0.25, 0.3) is 12.2 Å². The van der Waals surface area contributed by atoms with Crippen LogP contribution in [-0.2, 0) is 19.0 Å². The molecule has 2 aromatic carbocycles. The van der Waals surface area contributed by atoms with Crippen molar-refractivity contribution < 1.29 is 37.3 Å². The second kappa shape index (κ2) is 10.4. The van der Waals surface area contributed by atoms with E-state index < -0.39 is 53.5 Å². The molecule has 5 aliphatic heterocycles. The summed E-state index contributed by atoms with van der Waals surface area (Å²) >= 11 is 0. The minimum Gasteiger partial charge on any atom is -0.444 e. The summed E-state index contributed by atoms with van der Waals surface area (Å²) in [5.41, 5.74) is 1.88. The fourth-order valence-corrected chi connectivity index (χ4v) is 7.03. The Hall–Kier alpha value is -4.75. The first kappa shape index (κ1) is 27.8. The Morgan fingerprint density at radius 1 is 0.911 bits per heavy atom. The number of rotatable bonds is 3. The first-order valence-electron chi connectivity index (χ1n) is 14.7. The summed E-state index contributed by atoms with van der Waals surface area (Å²) in [6.07, 6.45) is 1.01. The lowest BCUT2D eigenvalue weighted by atomic mass is 9.91. The van der Waals surface area contributed by atoms with Gasteiger partial charge in [-0.15, -0.1) is 0 Å². The summed E-state index contributed by atoms with van der Waals surface area (Å²) in [4.78, 5) is 43.2. The van der Waals surface area contributed by atoms with Crippen molar-refractivity contribution in [3.63, 3.8) is 0 Å². The van der Waals surface area contributed by atoms with E-state index in [-0.39, 0.29) is 43.4 Å². The van der Waals surface area contributed by atoms with Crippen molar-refractivity contribution in [2.45, 2.75) is 31.5 Å². The van der Waals surface area contributed by atoms with E-state index in [1.54, 1.807) is 17.9 Å². The Labute approximate surface area is 255 Å². The molecule has 0 bridgehead atoms. The topological polar surface area (TPSA) is 103 Å². The molecule has 1 amide bonds. The van der Waals surface area contributed by atoms with E-state index in [4.69, 9.17) is 18.9 Å². The number of amides is 1. The van der Waals surface area contributed by atoms with E-state index in [9.17, 15) is 18.8 Å². The zero-order valence-corrected chi connectivity index (χ0v) is 24.2. The van der Waals surface area contributed by atoms with Crippen molar-refractivity contribution in [3.8, 4) is 5.75 Å². The minimum atomic E-state index is -1.20. The standard InChI is InChI=1S/C32H28F2N4O7/c1-17-14-25(45-32(17)41)44-30-23(39)8-9-37-29(30)31(40)36-11-13-43-16-24(36)38(37)28-18-4-2-3-5-21(18)35-10-12-42-15-22(35)26-19(28)6-7-20(33)27(26)34/h2-9,14,22,24-25,28H,10-13,15-16H2,1H3. The second-order valence-corrected chi connectivity index (χ2v) is 11.5. The van der Waals surface area contributed by atoms with Gasteiger partial charge >= 0.3 is 5.97 Å². The highest BCUT2D eigenvalue weighted by Gasteiger charge is 2.48. The molecule has 3 aromatic rings. The van der Waals surface area contributed by atoms with Crippen molar-refractivity contribution in [1.29, 1.82) is 0 Å². The van der Waals surface area contributed by atoms with Crippen LogP contribution in [0.4, 0.5) is 14.5 Å². The Balaban J connectivity index is 1.39. The monoisotopic (exact) mass is 618 g/mol. The van der Waals surface area contributed by atoms with Gasteiger partial charge in [0.15, 0.2) is 17.3 Å². The molecule has 0 saturated carbocycles. The van der Waals surface area contributed by atoms with Crippen molar-refractivity contribution in [1.82, 2.24) is 9.58 Å². The van der Waals surface area contributed by atoms with Crippen LogP contribution in [0.15, 0.2) is 65.1 Å². The van der Waals surface area contributed by atoms with Gasteiger partial charge < -0.3 is 28.7 Å². The quantitative estimate of drug-likeness (QED) is 0.410. The van der Waals surface area contributed by atoms with Gasteiger partial charge in [-0.1, -0.05) is 24.3 Å². The number of halogens is 2. The molecular weight excluding hydrogens is 590 g/mol. The van der Waals surface area contributed by atoms with E-state index in [2.05, 4.69) is 0 Å². The van der Waals surface area contributed by atoms with E-state index in [1.165, 1.54) is 23.0 Å². The summed E-state index contributed by atoms with van der Waals surface area (Å²) in [6, 6.07) is 10.2. The lowest BCUT2D eigenvalue weighted by molar-refractivity contribution is -0.148. The molecule has 8 rings (SSSR count). The summed E-state index contributed by atoms with van der Waals surface area (Å²) in [6.45, 7) is 3.16. The van der Waals surface area contributed by atoms with Crippen LogP contribution in [0.3, 0.4) is 0 Å². The highest BCUT2D eigenvalue weighted by Crippen LogP contribution is 2.48. The van der Waals surface area contributed by atoms with Gasteiger partial charge in [0.1, 0.15) is 12.2 Å². The second-order valence-electron chi connectivity index (χ2n) is 11.5. The highest BCUT2D eigenvalue weighted by molar-refractivity contribution is 5.97. The maximum Gasteiger partial charge on any atom is 0.336 e. The molecule has 11 nitrogen and oxygen atoms in total. The lowest BCUT2D eigenvalue weighted by Gasteiger charge is -2.51. The zero-order valence-electron chi connectivity index (χ0n) is 24.2. The van der Waals surface area contributed by atoms with E-state index in [0.717, 1.165) is 17.3 Å².